The highest BCUT2D eigenvalue weighted by atomic mass is 16.1. The summed E-state index contributed by atoms with van der Waals surface area (Å²) in [6, 6.07) is 28.0. The van der Waals surface area contributed by atoms with Crippen molar-refractivity contribution in [2.24, 2.45) is 0 Å². The van der Waals surface area contributed by atoms with E-state index in [1.54, 1.807) is 6.08 Å². The molecule has 0 bridgehead atoms. The average molecular weight is 298 g/mol. The van der Waals surface area contributed by atoms with Crippen LogP contribution in [0.1, 0.15) is 27.0 Å². The fraction of sp³-hybridized carbons (Fsp3) is 0.0455. The summed E-state index contributed by atoms with van der Waals surface area (Å²) >= 11 is 0. The van der Waals surface area contributed by atoms with Crippen LogP contribution < -0.4 is 0 Å². The lowest BCUT2D eigenvalue weighted by molar-refractivity contribution is 0.104. The van der Waals surface area contributed by atoms with Crippen molar-refractivity contribution in [3.8, 4) is 0 Å². The van der Waals surface area contributed by atoms with E-state index in [0.717, 1.165) is 12.0 Å². The Balaban J connectivity index is 1.67. The third-order valence-corrected chi connectivity index (χ3v) is 3.72. The second-order valence-corrected chi connectivity index (χ2v) is 5.47. The lowest BCUT2D eigenvalue weighted by Crippen LogP contribution is -1.95. The normalized spacial score (nSPS) is 10.8. The largest absolute Gasteiger partial charge is 0.289 e. The second-order valence-electron chi connectivity index (χ2n) is 5.47. The average Bonchev–Trinajstić information content (AvgIpc) is 2.62. The number of hydrogen-bond donors (Lipinski definition) is 0. The fourth-order valence-corrected chi connectivity index (χ4v) is 2.45. The van der Waals surface area contributed by atoms with Crippen LogP contribution in [0.3, 0.4) is 0 Å². The van der Waals surface area contributed by atoms with E-state index in [1.807, 2.05) is 78.9 Å². The predicted molar refractivity (Wildman–Crippen MR) is 95.5 cm³/mol. The Kier molecular flexibility index (Phi) is 4.80. The molecule has 1 nitrogen and oxygen atoms in total. The second kappa shape index (κ2) is 7.37. The highest BCUT2D eigenvalue weighted by molar-refractivity contribution is 6.06. The van der Waals surface area contributed by atoms with Crippen LogP contribution in [0.2, 0.25) is 0 Å². The standard InChI is InChI=1S/C22H18O/c23-22(16-13-18-7-3-1-4-8-18)21-14-11-20(12-15-21)17-19-9-5-2-6-10-19/h1-16H,17H2/b16-13+. The van der Waals surface area contributed by atoms with Gasteiger partial charge in [-0.25, -0.2) is 0 Å². The van der Waals surface area contributed by atoms with E-state index in [2.05, 4.69) is 12.1 Å². The first-order valence-corrected chi connectivity index (χ1v) is 7.71. The number of carbonyl (C=O) groups excluding carboxylic acids is 1. The van der Waals surface area contributed by atoms with Crippen molar-refractivity contribution in [3.63, 3.8) is 0 Å². The molecule has 0 fully saturated rings. The highest BCUT2D eigenvalue weighted by Gasteiger charge is 2.02. The first-order valence-electron chi connectivity index (χ1n) is 7.71. The van der Waals surface area contributed by atoms with Crippen molar-refractivity contribution in [1.29, 1.82) is 0 Å². The summed E-state index contributed by atoms with van der Waals surface area (Å²) in [4.78, 5) is 12.2. The number of allylic oxidation sites excluding steroid dienone is 1. The van der Waals surface area contributed by atoms with Gasteiger partial charge in [-0.3, -0.25) is 4.79 Å². The summed E-state index contributed by atoms with van der Waals surface area (Å²) in [6.45, 7) is 0. The van der Waals surface area contributed by atoms with Gasteiger partial charge >= 0.3 is 0 Å². The minimum absolute atomic E-state index is 0.0279. The Labute approximate surface area is 136 Å². The first kappa shape index (κ1) is 15.0. The van der Waals surface area contributed by atoms with Crippen LogP contribution in [0.4, 0.5) is 0 Å². The van der Waals surface area contributed by atoms with Crippen molar-refractivity contribution < 1.29 is 4.79 Å². The molecule has 1 heteroatoms. The zero-order valence-electron chi connectivity index (χ0n) is 12.9. The predicted octanol–water partition coefficient (Wildman–Crippen LogP) is 5.17. The molecule has 0 aliphatic carbocycles. The maximum Gasteiger partial charge on any atom is 0.185 e. The molecule has 0 spiro atoms. The molecule has 0 aliphatic heterocycles. The number of ketones is 1. The fourth-order valence-electron chi connectivity index (χ4n) is 2.45. The Morgan fingerprint density at radius 3 is 1.91 bits per heavy atom. The summed E-state index contributed by atoms with van der Waals surface area (Å²) in [6.07, 6.45) is 4.36. The van der Waals surface area contributed by atoms with Crippen LogP contribution in [0.5, 0.6) is 0 Å². The van der Waals surface area contributed by atoms with Crippen LogP contribution in [0.25, 0.3) is 6.08 Å². The molecule has 0 saturated carbocycles. The molecule has 0 unspecified atom stereocenters. The van der Waals surface area contributed by atoms with Gasteiger partial charge in [-0.05, 0) is 29.2 Å². The zero-order chi connectivity index (χ0) is 15.9. The molecule has 0 atom stereocenters. The van der Waals surface area contributed by atoms with E-state index in [9.17, 15) is 4.79 Å². The summed E-state index contributed by atoms with van der Waals surface area (Å²) in [5, 5.41) is 0. The SMILES string of the molecule is O=C(/C=C/c1ccccc1)c1ccc(Cc2ccccc2)cc1. The molecule has 3 rings (SSSR count). The Hall–Kier alpha value is -2.93. The molecule has 0 saturated heterocycles. The molecule has 0 aliphatic rings. The van der Waals surface area contributed by atoms with Gasteiger partial charge < -0.3 is 0 Å². The van der Waals surface area contributed by atoms with E-state index in [4.69, 9.17) is 0 Å². The summed E-state index contributed by atoms with van der Waals surface area (Å²) in [5.74, 6) is 0.0279. The van der Waals surface area contributed by atoms with Crippen LogP contribution in [0.15, 0.2) is 91.0 Å². The topological polar surface area (TPSA) is 17.1 Å². The lowest BCUT2D eigenvalue weighted by Gasteiger charge is -2.03. The smallest absolute Gasteiger partial charge is 0.185 e. The third-order valence-electron chi connectivity index (χ3n) is 3.72. The van der Waals surface area contributed by atoms with Gasteiger partial charge in [0.05, 0.1) is 0 Å². The van der Waals surface area contributed by atoms with E-state index in [-0.39, 0.29) is 5.78 Å². The van der Waals surface area contributed by atoms with E-state index in [0.29, 0.717) is 5.56 Å². The molecule has 0 radical (unpaired) electrons. The summed E-state index contributed by atoms with van der Waals surface area (Å²) in [7, 11) is 0. The van der Waals surface area contributed by atoms with Crippen LogP contribution in [-0.2, 0) is 6.42 Å². The number of benzene rings is 3. The molecule has 112 valence electrons. The van der Waals surface area contributed by atoms with Gasteiger partial charge in [-0.2, -0.15) is 0 Å². The molecule has 0 N–H and O–H groups in total. The highest BCUT2D eigenvalue weighted by Crippen LogP contribution is 2.12. The van der Waals surface area contributed by atoms with Crippen molar-refractivity contribution in [2.45, 2.75) is 6.42 Å². The van der Waals surface area contributed by atoms with Gasteiger partial charge in [0.25, 0.3) is 0 Å². The van der Waals surface area contributed by atoms with E-state index >= 15 is 0 Å². The third kappa shape index (κ3) is 4.27. The lowest BCUT2D eigenvalue weighted by atomic mass is 10.0. The molecule has 0 aromatic heterocycles. The Morgan fingerprint density at radius 2 is 1.26 bits per heavy atom. The first-order chi connectivity index (χ1) is 11.3. The minimum atomic E-state index is 0.0279. The van der Waals surface area contributed by atoms with Crippen molar-refractivity contribution in [3.05, 3.63) is 113 Å². The number of hydrogen-bond acceptors (Lipinski definition) is 1. The molecular formula is C22H18O. The van der Waals surface area contributed by atoms with Crippen molar-refractivity contribution in [1.82, 2.24) is 0 Å². The van der Waals surface area contributed by atoms with Gasteiger partial charge in [0, 0.05) is 5.56 Å². The molecule has 23 heavy (non-hydrogen) atoms. The van der Waals surface area contributed by atoms with E-state index < -0.39 is 0 Å². The zero-order valence-corrected chi connectivity index (χ0v) is 12.9. The van der Waals surface area contributed by atoms with Crippen LogP contribution in [0, 0.1) is 0 Å². The van der Waals surface area contributed by atoms with E-state index in [1.165, 1.54) is 11.1 Å². The monoisotopic (exact) mass is 298 g/mol. The van der Waals surface area contributed by atoms with Gasteiger partial charge in [-0.1, -0.05) is 91.0 Å². The maximum absolute atomic E-state index is 12.2. The van der Waals surface area contributed by atoms with Gasteiger partial charge in [-0.15, -0.1) is 0 Å². The van der Waals surface area contributed by atoms with Gasteiger partial charge in [0.1, 0.15) is 0 Å². The Bertz CT molecular complexity index is 784. The number of carbonyl (C=O) groups is 1. The number of rotatable bonds is 5. The maximum atomic E-state index is 12.2. The van der Waals surface area contributed by atoms with Crippen molar-refractivity contribution in [2.75, 3.05) is 0 Å². The minimum Gasteiger partial charge on any atom is -0.289 e. The summed E-state index contributed by atoms with van der Waals surface area (Å²) < 4.78 is 0. The van der Waals surface area contributed by atoms with Gasteiger partial charge in [0.15, 0.2) is 5.78 Å². The molecule has 3 aromatic carbocycles. The van der Waals surface area contributed by atoms with Gasteiger partial charge in [0.2, 0.25) is 0 Å². The van der Waals surface area contributed by atoms with Crippen LogP contribution >= 0.6 is 0 Å². The van der Waals surface area contributed by atoms with Crippen LogP contribution in [-0.4, -0.2) is 5.78 Å². The van der Waals surface area contributed by atoms with Crippen molar-refractivity contribution >= 4 is 11.9 Å². The quantitative estimate of drug-likeness (QED) is 0.469. The molecular weight excluding hydrogens is 280 g/mol. The molecule has 3 aromatic rings. The molecule has 0 amide bonds. The Morgan fingerprint density at radius 1 is 0.696 bits per heavy atom. The molecule has 0 heterocycles. The summed E-state index contributed by atoms with van der Waals surface area (Å²) in [5.41, 5.74) is 4.23.